The highest BCUT2D eigenvalue weighted by Gasteiger charge is 2.30. The highest BCUT2D eigenvalue weighted by atomic mass is 31.2. The second-order valence-electron chi connectivity index (χ2n) is 28.7. The molecule has 0 saturated carbocycles. The molecular formula is C77H150O17P2. The van der Waals surface area contributed by atoms with Gasteiger partial charge in [0.25, 0.3) is 0 Å². The van der Waals surface area contributed by atoms with E-state index in [0.717, 1.165) is 102 Å². The van der Waals surface area contributed by atoms with Crippen molar-refractivity contribution in [1.82, 2.24) is 0 Å². The highest BCUT2D eigenvalue weighted by Crippen LogP contribution is 2.45. The molecule has 0 rings (SSSR count). The van der Waals surface area contributed by atoms with Crippen LogP contribution in [0.2, 0.25) is 0 Å². The summed E-state index contributed by atoms with van der Waals surface area (Å²) in [6.07, 6.45) is 57.3. The average molecular weight is 1410 g/mol. The van der Waals surface area contributed by atoms with Gasteiger partial charge < -0.3 is 33.8 Å². The van der Waals surface area contributed by atoms with Crippen molar-refractivity contribution in [3.05, 3.63) is 0 Å². The van der Waals surface area contributed by atoms with E-state index in [0.29, 0.717) is 31.6 Å². The molecule has 0 aliphatic heterocycles. The Morgan fingerprint density at radius 3 is 0.708 bits per heavy atom. The molecule has 0 radical (unpaired) electrons. The second kappa shape index (κ2) is 68.8. The molecule has 0 aromatic carbocycles. The molecule has 17 nitrogen and oxygen atoms in total. The van der Waals surface area contributed by atoms with Crippen molar-refractivity contribution in [3.63, 3.8) is 0 Å². The van der Waals surface area contributed by atoms with Gasteiger partial charge in [0.15, 0.2) is 12.2 Å². The van der Waals surface area contributed by atoms with E-state index in [2.05, 4.69) is 41.5 Å². The topological polar surface area (TPSA) is 237 Å². The van der Waals surface area contributed by atoms with Gasteiger partial charge in [0.2, 0.25) is 0 Å². The van der Waals surface area contributed by atoms with E-state index in [1.165, 1.54) is 212 Å². The quantitative estimate of drug-likeness (QED) is 0.0222. The zero-order valence-electron chi connectivity index (χ0n) is 62.7. The van der Waals surface area contributed by atoms with E-state index in [1.807, 2.05) is 0 Å². The predicted molar refractivity (Wildman–Crippen MR) is 391 cm³/mol. The minimum absolute atomic E-state index is 0.103. The monoisotopic (exact) mass is 1410 g/mol. The Balaban J connectivity index is 5.16. The van der Waals surface area contributed by atoms with E-state index in [9.17, 15) is 43.2 Å². The van der Waals surface area contributed by atoms with Crippen LogP contribution in [-0.2, 0) is 65.4 Å². The number of ether oxygens (including phenoxy) is 4. The lowest BCUT2D eigenvalue weighted by molar-refractivity contribution is -0.161. The van der Waals surface area contributed by atoms with Gasteiger partial charge in [0, 0.05) is 25.7 Å². The molecular weight excluding hydrogens is 1260 g/mol. The number of hydrogen-bond acceptors (Lipinski definition) is 15. The number of carbonyl (C=O) groups excluding carboxylic acids is 4. The van der Waals surface area contributed by atoms with Gasteiger partial charge in [-0.15, -0.1) is 0 Å². The van der Waals surface area contributed by atoms with Crippen LogP contribution in [0.5, 0.6) is 0 Å². The summed E-state index contributed by atoms with van der Waals surface area (Å²) in [6.45, 7) is 9.52. The molecule has 0 bridgehead atoms. The van der Waals surface area contributed by atoms with Crippen LogP contribution < -0.4 is 0 Å². The van der Waals surface area contributed by atoms with Crippen molar-refractivity contribution in [1.29, 1.82) is 0 Å². The standard InChI is InChI=1S/C77H150O17P2/c1-7-9-11-13-15-17-18-19-20-21-22-23-24-25-26-27-30-34-37-43-49-55-61-76(81)93-72(66-88-75(80)60-54-48-42-36-33-31-28-29-32-35-39-45-51-57-69(3)4)67-91-95(83,84)89-63-71(78)64-90-96(85,86)92-68-73(65-87-74(79)59-53-47-41-16-14-12-10-8-2)94-77(82)62-56-50-44-38-40-46-52-58-70(5)6/h69-73,78H,7-68H2,1-6H3,(H,83,84)(H,85,86)/t71-,72-,73-/m1/s1. The fourth-order valence-electron chi connectivity index (χ4n) is 11.8. The highest BCUT2D eigenvalue weighted by molar-refractivity contribution is 7.47. The van der Waals surface area contributed by atoms with Gasteiger partial charge in [-0.25, -0.2) is 9.13 Å². The van der Waals surface area contributed by atoms with Gasteiger partial charge in [0.05, 0.1) is 26.4 Å². The Hall–Kier alpha value is -1.94. The molecule has 0 heterocycles. The number of phosphoric acid groups is 2. The number of carbonyl (C=O) groups is 4. The number of hydrogen-bond donors (Lipinski definition) is 3. The van der Waals surface area contributed by atoms with Crippen LogP contribution in [0.4, 0.5) is 0 Å². The van der Waals surface area contributed by atoms with Crippen LogP contribution >= 0.6 is 15.6 Å². The van der Waals surface area contributed by atoms with Crippen LogP contribution in [0.15, 0.2) is 0 Å². The molecule has 5 atom stereocenters. The third-order valence-electron chi connectivity index (χ3n) is 18.0. The lowest BCUT2D eigenvalue weighted by Gasteiger charge is -2.21. The van der Waals surface area contributed by atoms with E-state index in [1.54, 1.807) is 0 Å². The zero-order valence-corrected chi connectivity index (χ0v) is 64.5. The molecule has 570 valence electrons. The fourth-order valence-corrected chi connectivity index (χ4v) is 13.4. The average Bonchev–Trinajstić information content (AvgIpc) is 1.28. The second-order valence-corrected chi connectivity index (χ2v) is 31.6. The SMILES string of the molecule is CCCCCCCCCCCCCCCCCCCCCCCCC(=O)O[C@H](COC(=O)CCCCCCCCCCCCCCCC(C)C)COP(=O)(O)OC[C@@H](O)COP(=O)(O)OC[C@@H](COC(=O)CCCCCCCCCC)OC(=O)CCCCCCCCCC(C)C. The number of rotatable bonds is 76. The minimum Gasteiger partial charge on any atom is -0.462 e. The van der Waals surface area contributed by atoms with Crippen LogP contribution in [0, 0.1) is 11.8 Å². The number of esters is 4. The molecule has 19 heteroatoms. The van der Waals surface area contributed by atoms with Gasteiger partial charge in [-0.05, 0) is 37.5 Å². The molecule has 0 spiro atoms. The van der Waals surface area contributed by atoms with E-state index < -0.39 is 97.5 Å². The van der Waals surface area contributed by atoms with Crippen molar-refractivity contribution in [2.24, 2.45) is 11.8 Å². The fraction of sp³-hybridized carbons (Fsp3) is 0.948. The number of phosphoric ester groups is 2. The van der Waals surface area contributed by atoms with Crippen molar-refractivity contribution >= 4 is 39.5 Å². The Bertz CT molecular complexity index is 1860. The smallest absolute Gasteiger partial charge is 0.462 e. The Kier molecular flexibility index (Phi) is 67.4. The maximum Gasteiger partial charge on any atom is 0.472 e. The van der Waals surface area contributed by atoms with Crippen LogP contribution in [-0.4, -0.2) is 96.7 Å². The molecule has 0 fully saturated rings. The summed E-state index contributed by atoms with van der Waals surface area (Å²) < 4.78 is 68.4. The summed E-state index contributed by atoms with van der Waals surface area (Å²) in [5.41, 5.74) is 0. The van der Waals surface area contributed by atoms with Gasteiger partial charge in [-0.2, -0.15) is 0 Å². The zero-order chi connectivity index (χ0) is 70.7. The van der Waals surface area contributed by atoms with E-state index >= 15 is 0 Å². The first kappa shape index (κ1) is 94.1. The maximum atomic E-state index is 13.1. The molecule has 0 saturated heterocycles. The normalized spacial score (nSPS) is 14.0. The lowest BCUT2D eigenvalue weighted by Crippen LogP contribution is -2.30. The lowest BCUT2D eigenvalue weighted by atomic mass is 10.0. The Morgan fingerprint density at radius 1 is 0.281 bits per heavy atom. The number of unbranched alkanes of at least 4 members (excludes halogenated alkanes) is 46. The maximum absolute atomic E-state index is 13.1. The molecule has 0 aromatic rings. The third kappa shape index (κ3) is 70.5. The van der Waals surface area contributed by atoms with Crippen LogP contribution in [0.25, 0.3) is 0 Å². The summed E-state index contributed by atoms with van der Waals surface area (Å²) in [5.74, 6) is -0.634. The summed E-state index contributed by atoms with van der Waals surface area (Å²) >= 11 is 0. The van der Waals surface area contributed by atoms with Gasteiger partial charge >= 0.3 is 39.5 Å². The Morgan fingerprint density at radius 2 is 0.479 bits per heavy atom. The molecule has 0 aromatic heterocycles. The minimum atomic E-state index is -4.96. The van der Waals surface area contributed by atoms with Crippen molar-refractivity contribution in [2.45, 2.75) is 419 Å². The molecule has 0 aliphatic carbocycles. The van der Waals surface area contributed by atoms with Gasteiger partial charge in [-0.3, -0.25) is 37.3 Å². The largest absolute Gasteiger partial charge is 0.472 e. The van der Waals surface area contributed by atoms with E-state index in [4.69, 9.17) is 37.0 Å². The van der Waals surface area contributed by atoms with Crippen LogP contribution in [0.1, 0.15) is 401 Å². The molecule has 0 aliphatic rings. The predicted octanol–water partition coefficient (Wildman–Crippen LogP) is 22.7. The van der Waals surface area contributed by atoms with Crippen molar-refractivity contribution < 1.29 is 80.2 Å². The third-order valence-corrected chi connectivity index (χ3v) is 19.9. The molecule has 0 amide bonds. The Labute approximate surface area is 588 Å². The molecule has 2 unspecified atom stereocenters. The summed E-state index contributed by atoms with van der Waals surface area (Å²) in [4.78, 5) is 72.7. The summed E-state index contributed by atoms with van der Waals surface area (Å²) in [5, 5.41) is 10.6. The van der Waals surface area contributed by atoms with Crippen LogP contribution in [0.3, 0.4) is 0 Å². The number of aliphatic hydroxyl groups is 1. The first-order valence-corrected chi connectivity index (χ1v) is 43.0. The first-order valence-electron chi connectivity index (χ1n) is 40.0. The van der Waals surface area contributed by atoms with Crippen molar-refractivity contribution in [2.75, 3.05) is 39.6 Å². The van der Waals surface area contributed by atoms with Crippen molar-refractivity contribution in [3.8, 4) is 0 Å². The number of aliphatic hydroxyl groups excluding tert-OH is 1. The molecule has 3 N–H and O–H groups in total. The van der Waals surface area contributed by atoms with Gasteiger partial charge in [-0.1, -0.05) is 350 Å². The first-order chi connectivity index (χ1) is 46.4. The summed E-state index contributed by atoms with van der Waals surface area (Å²) in [7, 11) is -9.91. The van der Waals surface area contributed by atoms with E-state index in [-0.39, 0.29) is 25.7 Å². The molecule has 96 heavy (non-hydrogen) atoms. The van der Waals surface area contributed by atoms with Gasteiger partial charge in [0.1, 0.15) is 19.3 Å². The summed E-state index contributed by atoms with van der Waals surface area (Å²) in [6, 6.07) is 0.